The third kappa shape index (κ3) is 3.58. The maximum Gasteiger partial charge on any atom is 0.416 e. The van der Waals surface area contributed by atoms with Gasteiger partial charge < -0.3 is 15.7 Å². The Kier molecular flexibility index (Phi) is 4.57. The number of carbonyl (C=O) groups is 1. The largest absolute Gasteiger partial charge is 0.416 e. The second-order valence-corrected chi connectivity index (χ2v) is 6.28. The molecule has 24 heavy (non-hydrogen) atoms. The highest BCUT2D eigenvalue weighted by atomic mass is 32.1. The molecule has 3 N–H and O–H groups in total. The molecule has 1 aliphatic heterocycles. The lowest BCUT2D eigenvalue weighted by Crippen LogP contribution is -2.42. The number of benzene rings is 1. The van der Waals surface area contributed by atoms with Crippen molar-refractivity contribution in [1.82, 2.24) is 15.6 Å². The Morgan fingerprint density at radius 3 is 2.58 bits per heavy atom. The number of rotatable bonds is 3. The lowest BCUT2D eigenvalue weighted by Gasteiger charge is -2.14. The number of nitrogens with zero attached hydrogens (tertiary/aromatic N) is 1. The van der Waals surface area contributed by atoms with Crippen LogP contribution in [0.3, 0.4) is 0 Å². The van der Waals surface area contributed by atoms with Crippen LogP contribution in [0.4, 0.5) is 13.2 Å². The Hall–Kier alpha value is -1.97. The molecule has 1 fully saturated rings. The van der Waals surface area contributed by atoms with Gasteiger partial charge in [-0.3, -0.25) is 4.79 Å². The fourth-order valence-corrected chi connectivity index (χ4v) is 3.17. The van der Waals surface area contributed by atoms with Crippen LogP contribution in [0.25, 0.3) is 10.6 Å². The second kappa shape index (κ2) is 6.50. The van der Waals surface area contributed by atoms with E-state index in [1.165, 1.54) is 28.8 Å². The maximum atomic E-state index is 12.6. The quantitative estimate of drug-likeness (QED) is 0.784. The SMILES string of the molecule is O=C(N[C@H]1CNC[C@@H]1O)c1csc(-c2ccc(C(F)(F)F)cc2)n1. The first kappa shape index (κ1) is 16.9. The molecule has 2 heterocycles. The van der Waals surface area contributed by atoms with Crippen molar-refractivity contribution in [1.29, 1.82) is 0 Å². The minimum Gasteiger partial charge on any atom is -0.390 e. The van der Waals surface area contributed by atoms with Crippen molar-refractivity contribution in [2.75, 3.05) is 13.1 Å². The van der Waals surface area contributed by atoms with Gasteiger partial charge in [0.25, 0.3) is 5.91 Å². The molecule has 1 aromatic heterocycles. The highest BCUT2D eigenvalue weighted by Gasteiger charge is 2.30. The summed E-state index contributed by atoms with van der Waals surface area (Å²) < 4.78 is 37.7. The first-order chi connectivity index (χ1) is 11.3. The molecular weight excluding hydrogens is 343 g/mol. The van der Waals surface area contributed by atoms with Crippen molar-refractivity contribution >= 4 is 17.2 Å². The van der Waals surface area contributed by atoms with Gasteiger partial charge in [-0.1, -0.05) is 12.1 Å². The molecule has 1 aromatic carbocycles. The molecule has 0 saturated carbocycles. The van der Waals surface area contributed by atoms with Gasteiger partial charge in [-0.25, -0.2) is 4.98 Å². The molecule has 0 unspecified atom stereocenters. The van der Waals surface area contributed by atoms with E-state index in [-0.39, 0.29) is 11.7 Å². The monoisotopic (exact) mass is 357 g/mol. The summed E-state index contributed by atoms with van der Waals surface area (Å²) in [5, 5.41) is 17.3. The van der Waals surface area contributed by atoms with Gasteiger partial charge in [-0.2, -0.15) is 13.2 Å². The summed E-state index contributed by atoms with van der Waals surface area (Å²) in [6.45, 7) is 0.890. The van der Waals surface area contributed by atoms with E-state index in [2.05, 4.69) is 15.6 Å². The number of β-amino-alcohol motifs (C(OH)–C–C–N with tert-alkyl or cyclic N) is 1. The number of aromatic nitrogens is 1. The smallest absolute Gasteiger partial charge is 0.390 e. The Morgan fingerprint density at radius 1 is 1.29 bits per heavy atom. The number of aliphatic hydroxyl groups excluding tert-OH is 1. The van der Waals surface area contributed by atoms with Crippen LogP contribution in [0.5, 0.6) is 0 Å². The fraction of sp³-hybridized carbons (Fsp3) is 0.333. The molecule has 1 saturated heterocycles. The number of hydrogen-bond donors (Lipinski definition) is 3. The van der Waals surface area contributed by atoms with Crippen molar-refractivity contribution in [3.8, 4) is 10.6 Å². The molecule has 0 spiro atoms. The fourth-order valence-electron chi connectivity index (χ4n) is 2.37. The average Bonchev–Trinajstić information content (AvgIpc) is 3.16. The number of alkyl halides is 3. The Bertz CT molecular complexity index is 730. The summed E-state index contributed by atoms with van der Waals surface area (Å²) in [5.41, 5.74) is -0.0490. The van der Waals surface area contributed by atoms with Crippen LogP contribution in [0.2, 0.25) is 0 Å². The predicted molar refractivity (Wildman–Crippen MR) is 82.7 cm³/mol. The third-order valence-corrected chi connectivity index (χ3v) is 4.59. The number of hydrogen-bond acceptors (Lipinski definition) is 5. The van der Waals surface area contributed by atoms with Crippen molar-refractivity contribution in [3.05, 3.63) is 40.9 Å². The summed E-state index contributed by atoms with van der Waals surface area (Å²) >= 11 is 1.17. The van der Waals surface area contributed by atoms with Crippen LogP contribution < -0.4 is 10.6 Å². The molecule has 0 radical (unpaired) electrons. The number of aliphatic hydroxyl groups is 1. The Balaban J connectivity index is 1.72. The van der Waals surface area contributed by atoms with E-state index >= 15 is 0 Å². The molecule has 5 nitrogen and oxygen atoms in total. The van der Waals surface area contributed by atoms with E-state index in [9.17, 15) is 23.1 Å². The molecule has 0 aliphatic carbocycles. The summed E-state index contributed by atoms with van der Waals surface area (Å²) in [6, 6.07) is 4.24. The third-order valence-electron chi connectivity index (χ3n) is 3.69. The van der Waals surface area contributed by atoms with E-state index in [0.717, 1.165) is 12.1 Å². The van der Waals surface area contributed by atoms with Gasteiger partial charge >= 0.3 is 6.18 Å². The number of nitrogens with one attached hydrogen (secondary N) is 2. The topological polar surface area (TPSA) is 74.2 Å². The highest BCUT2D eigenvalue weighted by Crippen LogP contribution is 2.31. The average molecular weight is 357 g/mol. The zero-order valence-corrected chi connectivity index (χ0v) is 13.1. The van der Waals surface area contributed by atoms with E-state index < -0.39 is 23.8 Å². The van der Waals surface area contributed by atoms with Gasteiger partial charge in [-0.15, -0.1) is 11.3 Å². The molecular formula is C15H14F3N3O2S. The normalized spacial score (nSPS) is 21.0. The lowest BCUT2D eigenvalue weighted by molar-refractivity contribution is -0.137. The van der Waals surface area contributed by atoms with Crippen LogP contribution in [0, 0.1) is 0 Å². The van der Waals surface area contributed by atoms with Gasteiger partial charge in [0.1, 0.15) is 10.7 Å². The summed E-state index contributed by atoms with van der Waals surface area (Å²) in [6.07, 6.45) is -5.04. The first-order valence-electron chi connectivity index (χ1n) is 7.17. The van der Waals surface area contributed by atoms with Gasteiger partial charge in [0.05, 0.1) is 17.7 Å². The molecule has 128 valence electrons. The van der Waals surface area contributed by atoms with Crippen LogP contribution in [0.15, 0.2) is 29.6 Å². The zero-order valence-electron chi connectivity index (χ0n) is 12.3. The van der Waals surface area contributed by atoms with Gasteiger partial charge in [0.15, 0.2) is 0 Å². The highest BCUT2D eigenvalue weighted by molar-refractivity contribution is 7.13. The summed E-state index contributed by atoms with van der Waals surface area (Å²) in [4.78, 5) is 16.3. The number of halogens is 3. The number of carbonyl (C=O) groups excluding carboxylic acids is 1. The van der Waals surface area contributed by atoms with Gasteiger partial charge in [-0.05, 0) is 12.1 Å². The van der Waals surface area contributed by atoms with Crippen molar-refractivity contribution < 1.29 is 23.1 Å². The molecule has 1 amide bonds. The lowest BCUT2D eigenvalue weighted by atomic mass is 10.1. The molecule has 1 aliphatic rings. The van der Waals surface area contributed by atoms with Crippen molar-refractivity contribution in [2.45, 2.75) is 18.3 Å². The molecule has 9 heteroatoms. The van der Waals surface area contributed by atoms with Crippen molar-refractivity contribution in [3.63, 3.8) is 0 Å². The summed E-state index contributed by atoms with van der Waals surface area (Å²) in [7, 11) is 0. The summed E-state index contributed by atoms with van der Waals surface area (Å²) in [5.74, 6) is -0.419. The molecule has 2 aromatic rings. The zero-order chi connectivity index (χ0) is 17.3. The van der Waals surface area contributed by atoms with E-state index in [4.69, 9.17) is 0 Å². The molecule has 0 bridgehead atoms. The van der Waals surface area contributed by atoms with Gasteiger partial charge in [0, 0.05) is 24.0 Å². The van der Waals surface area contributed by atoms with Crippen LogP contribution in [-0.4, -0.2) is 41.2 Å². The van der Waals surface area contributed by atoms with Crippen molar-refractivity contribution in [2.24, 2.45) is 0 Å². The predicted octanol–water partition coefficient (Wildman–Crippen LogP) is 1.89. The van der Waals surface area contributed by atoms with Crippen LogP contribution in [0.1, 0.15) is 16.1 Å². The standard InChI is InChI=1S/C15H14F3N3O2S/c16-15(17,18)9-3-1-8(2-4-9)14-21-11(7-24-14)13(23)20-10-5-19-6-12(10)22/h1-4,7,10,12,19,22H,5-6H2,(H,20,23)/t10-,12-/m0/s1. The Morgan fingerprint density at radius 2 is 2.00 bits per heavy atom. The minimum absolute atomic E-state index is 0.175. The number of thiazole rings is 1. The maximum absolute atomic E-state index is 12.6. The Labute approximate surface area is 139 Å². The van der Waals surface area contributed by atoms with E-state index in [0.29, 0.717) is 23.7 Å². The van der Waals surface area contributed by atoms with E-state index in [1.807, 2.05) is 0 Å². The molecule has 2 atom stereocenters. The second-order valence-electron chi connectivity index (χ2n) is 5.42. The molecule has 3 rings (SSSR count). The first-order valence-corrected chi connectivity index (χ1v) is 8.05. The van der Waals surface area contributed by atoms with Crippen LogP contribution in [-0.2, 0) is 6.18 Å². The van der Waals surface area contributed by atoms with E-state index in [1.54, 1.807) is 0 Å². The number of amides is 1. The van der Waals surface area contributed by atoms with Gasteiger partial charge in [0.2, 0.25) is 0 Å². The minimum atomic E-state index is -4.39. The van der Waals surface area contributed by atoms with Crippen LogP contribution >= 0.6 is 11.3 Å².